The molecule has 198 valence electrons. The second-order valence-corrected chi connectivity index (χ2v) is 9.95. The number of ether oxygens (including phenoxy) is 1. The molecule has 1 aliphatic heterocycles. The van der Waals surface area contributed by atoms with E-state index in [1.54, 1.807) is 17.0 Å². The smallest absolute Gasteiger partial charge is 0.416 e. The van der Waals surface area contributed by atoms with E-state index in [1.807, 2.05) is 13.8 Å². The van der Waals surface area contributed by atoms with E-state index < -0.39 is 29.5 Å². The number of amides is 1. The van der Waals surface area contributed by atoms with Crippen LogP contribution in [0.4, 0.5) is 13.2 Å². The molecule has 1 aliphatic rings. The SMILES string of the molecule is Cc1nc2cc(C(F)(F)F)c([C@H](C)Oc3ccc(C(=O)N4C[C@@H](C)C(O)[C@@H](C)C4)cc3)c(C)c2c(=O)[nH]1. The minimum absolute atomic E-state index is 0.0289. The number of fused-ring (bicyclic) bond motifs is 1. The van der Waals surface area contributed by atoms with E-state index in [1.165, 1.54) is 32.9 Å². The van der Waals surface area contributed by atoms with Crippen LogP contribution in [0.15, 0.2) is 35.1 Å². The number of aromatic amines is 1. The Labute approximate surface area is 212 Å². The number of piperidine rings is 1. The minimum atomic E-state index is -4.68. The number of benzene rings is 2. The van der Waals surface area contributed by atoms with Crippen molar-refractivity contribution in [2.75, 3.05) is 13.1 Å². The first-order valence-electron chi connectivity index (χ1n) is 12.1. The number of carbonyl (C=O) groups is 1. The van der Waals surface area contributed by atoms with Crippen molar-refractivity contribution in [3.63, 3.8) is 0 Å². The van der Waals surface area contributed by atoms with Crippen LogP contribution in [0.3, 0.4) is 0 Å². The van der Waals surface area contributed by atoms with Crippen LogP contribution in [0, 0.1) is 25.7 Å². The van der Waals surface area contributed by atoms with Gasteiger partial charge in [-0.05, 0) is 68.5 Å². The van der Waals surface area contributed by atoms with Crippen LogP contribution >= 0.6 is 0 Å². The molecule has 7 nitrogen and oxygen atoms in total. The lowest BCUT2D eigenvalue weighted by atomic mass is 9.88. The summed E-state index contributed by atoms with van der Waals surface area (Å²) in [6, 6.07) is 7.10. The molecule has 0 spiro atoms. The largest absolute Gasteiger partial charge is 0.486 e. The Hall–Kier alpha value is -3.40. The number of rotatable bonds is 4. The number of likely N-dealkylation sites (tertiary alicyclic amines) is 1. The van der Waals surface area contributed by atoms with Crippen molar-refractivity contribution >= 4 is 16.8 Å². The average molecular weight is 518 g/mol. The van der Waals surface area contributed by atoms with Gasteiger partial charge in [0.05, 0.1) is 22.6 Å². The van der Waals surface area contributed by atoms with Crippen molar-refractivity contribution in [1.29, 1.82) is 0 Å². The zero-order valence-electron chi connectivity index (χ0n) is 21.3. The maximum absolute atomic E-state index is 14.0. The molecule has 0 radical (unpaired) electrons. The number of aliphatic hydroxyl groups is 1. The molecule has 0 saturated carbocycles. The Bertz CT molecular complexity index is 1370. The summed E-state index contributed by atoms with van der Waals surface area (Å²) in [5.74, 6) is 0.229. The number of carbonyl (C=O) groups excluding carboxylic acids is 1. The molecule has 0 bridgehead atoms. The van der Waals surface area contributed by atoms with Crippen molar-refractivity contribution in [3.8, 4) is 5.75 Å². The lowest BCUT2D eigenvalue weighted by molar-refractivity contribution is -0.138. The molecule has 1 unspecified atom stereocenters. The van der Waals surface area contributed by atoms with Crippen LogP contribution in [0.5, 0.6) is 5.75 Å². The van der Waals surface area contributed by atoms with Gasteiger partial charge in [0.2, 0.25) is 0 Å². The minimum Gasteiger partial charge on any atom is -0.486 e. The fourth-order valence-electron chi connectivity index (χ4n) is 5.22. The second kappa shape index (κ2) is 9.81. The van der Waals surface area contributed by atoms with Crippen LogP contribution in [0.1, 0.15) is 59.7 Å². The number of aryl methyl sites for hydroxylation is 2. The summed E-state index contributed by atoms with van der Waals surface area (Å²) in [6.45, 7) is 9.12. The first-order chi connectivity index (χ1) is 17.3. The van der Waals surface area contributed by atoms with Gasteiger partial charge < -0.3 is 19.7 Å². The van der Waals surface area contributed by atoms with Gasteiger partial charge in [0.15, 0.2) is 0 Å². The Morgan fingerprint density at radius 3 is 2.32 bits per heavy atom. The van der Waals surface area contributed by atoms with Gasteiger partial charge in [-0.3, -0.25) is 9.59 Å². The van der Waals surface area contributed by atoms with Crippen LogP contribution in [-0.4, -0.2) is 45.1 Å². The Morgan fingerprint density at radius 2 is 1.76 bits per heavy atom. The molecule has 1 aromatic heterocycles. The molecule has 3 aromatic rings. The molecule has 37 heavy (non-hydrogen) atoms. The summed E-state index contributed by atoms with van der Waals surface area (Å²) < 4.78 is 47.9. The topological polar surface area (TPSA) is 95.5 Å². The lowest BCUT2D eigenvalue weighted by Gasteiger charge is -2.38. The summed E-state index contributed by atoms with van der Waals surface area (Å²) in [6.07, 6.45) is -6.19. The van der Waals surface area contributed by atoms with Crippen molar-refractivity contribution in [3.05, 3.63) is 68.8 Å². The number of aromatic nitrogens is 2. The molecule has 4 atom stereocenters. The first kappa shape index (κ1) is 26.7. The predicted molar refractivity (Wildman–Crippen MR) is 133 cm³/mol. The highest BCUT2D eigenvalue weighted by molar-refractivity contribution is 5.94. The van der Waals surface area contributed by atoms with Crippen molar-refractivity contribution < 1.29 is 27.8 Å². The van der Waals surface area contributed by atoms with Crippen molar-refractivity contribution in [2.45, 2.75) is 53.0 Å². The van der Waals surface area contributed by atoms with E-state index in [4.69, 9.17) is 4.74 Å². The number of alkyl halides is 3. The van der Waals surface area contributed by atoms with Gasteiger partial charge in [-0.2, -0.15) is 13.2 Å². The van der Waals surface area contributed by atoms with E-state index in [-0.39, 0.29) is 51.3 Å². The van der Waals surface area contributed by atoms with Gasteiger partial charge >= 0.3 is 6.18 Å². The molecule has 1 amide bonds. The molecule has 2 heterocycles. The molecule has 1 saturated heterocycles. The van der Waals surface area contributed by atoms with Crippen molar-refractivity contribution in [2.24, 2.45) is 11.8 Å². The Morgan fingerprint density at radius 1 is 1.16 bits per heavy atom. The number of hydrogen-bond donors (Lipinski definition) is 2. The van der Waals surface area contributed by atoms with Crippen LogP contribution in [0.25, 0.3) is 10.9 Å². The summed E-state index contributed by atoms with van der Waals surface area (Å²) in [7, 11) is 0. The maximum atomic E-state index is 14.0. The zero-order valence-corrected chi connectivity index (χ0v) is 21.3. The van der Waals surface area contributed by atoms with E-state index in [2.05, 4.69) is 9.97 Å². The molecule has 4 rings (SSSR count). The van der Waals surface area contributed by atoms with Gasteiger partial charge in [0, 0.05) is 24.2 Å². The fourth-order valence-corrected chi connectivity index (χ4v) is 5.22. The zero-order chi connectivity index (χ0) is 27.2. The van der Waals surface area contributed by atoms with Gasteiger partial charge in [-0.15, -0.1) is 0 Å². The first-order valence-corrected chi connectivity index (χ1v) is 12.1. The van der Waals surface area contributed by atoms with E-state index in [9.17, 15) is 27.9 Å². The normalized spacial score (nSPS) is 21.2. The standard InChI is InChI=1S/C27H30F3N3O4/c1-13-11-33(12-14(2)24(13)34)26(36)18-6-8-19(9-7-18)37-16(4)22-15(3)23-21(10-20(22)27(28,29)30)31-17(5)32-25(23)35/h6-10,13-14,16,24,34H,11-12H2,1-5H3,(H,31,32,35)/t13-,14+,16-,24?/m0/s1. The molecule has 2 aromatic carbocycles. The Kier molecular flexibility index (Phi) is 7.07. The summed E-state index contributed by atoms with van der Waals surface area (Å²) in [4.78, 5) is 33.8. The van der Waals surface area contributed by atoms with Gasteiger partial charge in [0.25, 0.3) is 11.5 Å². The number of H-pyrrole nitrogens is 1. The van der Waals surface area contributed by atoms with E-state index >= 15 is 0 Å². The third-order valence-corrected chi connectivity index (χ3v) is 7.01. The Balaban J connectivity index is 1.62. The molecular weight excluding hydrogens is 487 g/mol. The number of nitrogens with one attached hydrogen (secondary N) is 1. The average Bonchev–Trinajstić information content (AvgIpc) is 2.80. The van der Waals surface area contributed by atoms with Crippen LogP contribution in [0.2, 0.25) is 0 Å². The number of aliphatic hydroxyl groups excluding tert-OH is 1. The summed E-state index contributed by atoms with van der Waals surface area (Å²) in [5, 5.41) is 10.2. The fraction of sp³-hybridized carbons (Fsp3) is 0.444. The molecule has 0 aliphatic carbocycles. The quantitative estimate of drug-likeness (QED) is 0.519. The second-order valence-electron chi connectivity index (χ2n) is 9.95. The third kappa shape index (κ3) is 5.20. The lowest BCUT2D eigenvalue weighted by Crippen LogP contribution is -2.49. The number of halogens is 3. The number of hydrogen-bond acceptors (Lipinski definition) is 5. The third-order valence-electron chi connectivity index (χ3n) is 7.01. The molecule has 10 heteroatoms. The van der Waals surface area contributed by atoms with E-state index in [0.717, 1.165) is 6.07 Å². The van der Waals surface area contributed by atoms with Gasteiger partial charge in [-0.1, -0.05) is 13.8 Å². The van der Waals surface area contributed by atoms with Gasteiger partial charge in [-0.25, -0.2) is 4.98 Å². The van der Waals surface area contributed by atoms with Crippen LogP contribution in [-0.2, 0) is 6.18 Å². The van der Waals surface area contributed by atoms with Crippen molar-refractivity contribution in [1.82, 2.24) is 14.9 Å². The molecule has 1 fully saturated rings. The number of nitrogens with zero attached hydrogens (tertiary/aromatic N) is 2. The summed E-state index contributed by atoms with van der Waals surface area (Å²) in [5.41, 5.74) is -1.04. The summed E-state index contributed by atoms with van der Waals surface area (Å²) >= 11 is 0. The monoisotopic (exact) mass is 517 g/mol. The van der Waals surface area contributed by atoms with Gasteiger partial charge in [0.1, 0.15) is 17.7 Å². The van der Waals surface area contributed by atoms with Crippen LogP contribution < -0.4 is 10.3 Å². The van der Waals surface area contributed by atoms with E-state index in [0.29, 0.717) is 18.7 Å². The maximum Gasteiger partial charge on any atom is 0.416 e. The molecular formula is C27H30F3N3O4. The highest BCUT2D eigenvalue weighted by atomic mass is 19.4. The molecule has 2 N–H and O–H groups in total. The predicted octanol–water partition coefficient (Wildman–Crippen LogP) is 4.79. The highest BCUT2D eigenvalue weighted by Gasteiger charge is 2.37. The highest BCUT2D eigenvalue weighted by Crippen LogP contribution is 2.40.